The van der Waals surface area contributed by atoms with Crippen LogP contribution in [0.3, 0.4) is 0 Å². The van der Waals surface area contributed by atoms with Gasteiger partial charge in [-0.3, -0.25) is 4.68 Å². The van der Waals surface area contributed by atoms with Gasteiger partial charge >= 0.3 is 5.82 Å². The van der Waals surface area contributed by atoms with Gasteiger partial charge in [-0.2, -0.15) is 5.10 Å². The zero-order chi connectivity index (χ0) is 12.3. The van der Waals surface area contributed by atoms with Crippen molar-refractivity contribution in [3.63, 3.8) is 0 Å². The average Bonchev–Trinajstić information content (AvgIpc) is 2.73. The summed E-state index contributed by atoms with van der Waals surface area (Å²) in [7, 11) is 1.75. The number of rotatable bonds is 4. The molecule has 2 aromatic rings. The molecule has 0 aromatic carbocycles. The van der Waals surface area contributed by atoms with Crippen LogP contribution in [0, 0.1) is 10.1 Å². The fraction of sp³-hybridized carbons (Fsp3) is 0.222. The lowest BCUT2D eigenvalue weighted by Gasteiger charge is -2.03. The molecule has 0 radical (unpaired) electrons. The van der Waals surface area contributed by atoms with Gasteiger partial charge in [0.15, 0.2) is 5.82 Å². The van der Waals surface area contributed by atoms with E-state index >= 15 is 0 Å². The van der Waals surface area contributed by atoms with Crippen LogP contribution in [0.2, 0.25) is 0 Å². The number of nitro groups is 1. The van der Waals surface area contributed by atoms with Gasteiger partial charge in [0.2, 0.25) is 0 Å². The number of nitrogens with one attached hydrogen (secondary N) is 1. The highest BCUT2D eigenvalue weighted by Crippen LogP contribution is 2.20. The minimum absolute atomic E-state index is 0.205. The zero-order valence-corrected chi connectivity index (χ0v) is 9.07. The van der Waals surface area contributed by atoms with Crippen molar-refractivity contribution >= 4 is 11.5 Å². The molecular weight excluding hydrogens is 224 g/mol. The molecule has 2 rings (SSSR count). The van der Waals surface area contributed by atoms with Crippen molar-refractivity contribution in [2.75, 3.05) is 5.32 Å². The maximum atomic E-state index is 10.7. The average molecular weight is 234 g/mol. The molecule has 0 aliphatic rings. The number of hydrogen-bond acceptors (Lipinski definition) is 6. The van der Waals surface area contributed by atoms with Crippen molar-refractivity contribution in [1.29, 1.82) is 0 Å². The Morgan fingerprint density at radius 3 is 3.00 bits per heavy atom. The van der Waals surface area contributed by atoms with E-state index < -0.39 is 4.92 Å². The van der Waals surface area contributed by atoms with Crippen molar-refractivity contribution in [3.05, 3.63) is 40.6 Å². The van der Waals surface area contributed by atoms with E-state index in [9.17, 15) is 10.1 Å². The first-order valence-corrected chi connectivity index (χ1v) is 4.84. The third-order valence-electron chi connectivity index (χ3n) is 2.04. The zero-order valence-electron chi connectivity index (χ0n) is 9.07. The summed E-state index contributed by atoms with van der Waals surface area (Å²) in [6.07, 6.45) is 2.94. The van der Waals surface area contributed by atoms with E-state index in [0.717, 1.165) is 0 Å². The summed E-state index contributed by atoms with van der Waals surface area (Å²) >= 11 is 0. The SMILES string of the molecule is Cn1cnc(CNc2cccnc2[N+](=O)[O-])n1. The smallest absolute Gasteiger partial charge is 0.371 e. The molecule has 0 aliphatic heterocycles. The second-order valence-electron chi connectivity index (χ2n) is 3.32. The highest BCUT2D eigenvalue weighted by atomic mass is 16.6. The van der Waals surface area contributed by atoms with E-state index in [1.165, 1.54) is 6.20 Å². The third-order valence-corrected chi connectivity index (χ3v) is 2.04. The van der Waals surface area contributed by atoms with Crippen molar-refractivity contribution in [2.45, 2.75) is 6.54 Å². The van der Waals surface area contributed by atoms with Crippen LogP contribution in [0.5, 0.6) is 0 Å². The predicted molar refractivity (Wildman–Crippen MR) is 59.2 cm³/mol. The molecular formula is C9H10N6O2. The second kappa shape index (κ2) is 4.56. The van der Waals surface area contributed by atoms with E-state index in [0.29, 0.717) is 18.1 Å². The maximum absolute atomic E-state index is 10.7. The molecule has 0 saturated carbocycles. The van der Waals surface area contributed by atoms with Crippen LogP contribution in [-0.4, -0.2) is 24.7 Å². The number of aryl methyl sites for hydroxylation is 1. The van der Waals surface area contributed by atoms with Crippen LogP contribution in [0.4, 0.5) is 11.5 Å². The molecule has 0 amide bonds. The van der Waals surface area contributed by atoms with Crippen molar-refractivity contribution < 1.29 is 4.92 Å². The largest absolute Gasteiger partial charge is 0.386 e. The van der Waals surface area contributed by atoms with Gasteiger partial charge in [0.05, 0.1) is 6.54 Å². The second-order valence-corrected chi connectivity index (χ2v) is 3.32. The maximum Gasteiger partial charge on any atom is 0.386 e. The molecule has 2 heterocycles. The summed E-state index contributed by atoms with van der Waals surface area (Å²) in [6.45, 7) is 0.313. The topological polar surface area (TPSA) is 98.8 Å². The molecule has 8 heteroatoms. The molecule has 0 spiro atoms. The highest BCUT2D eigenvalue weighted by molar-refractivity contribution is 5.56. The van der Waals surface area contributed by atoms with Gasteiger partial charge in [0, 0.05) is 7.05 Å². The van der Waals surface area contributed by atoms with Crippen LogP contribution in [0.15, 0.2) is 24.7 Å². The Morgan fingerprint density at radius 1 is 1.53 bits per heavy atom. The lowest BCUT2D eigenvalue weighted by Crippen LogP contribution is -2.05. The Labute approximate surface area is 96.5 Å². The lowest BCUT2D eigenvalue weighted by atomic mass is 10.4. The fourth-order valence-electron chi connectivity index (χ4n) is 1.32. The van der Waals surface area contributed by atoms with Gasteiger partial charge in [-0.1, -0.05) is 0 Å². The van der Waals surface area contributed by atoms with Crippen LogP contribution in [0.1, 0.15) is 5.82 Å². The van der Waals surface area contributed by atoms with Gasteiger partial charge in [-0.25, -0.2) is 4.98 Å². The summed E-state index contributed by atoms with van der Waals surface area (Å²) in [4.78, 5) is 17.9. The Hall–Kier alpha value is -2.51. The number of hydrogen-bond donors (Lipinski definition) is 1. The van der Waals surface area contributed by atoms with Crippen molar-refractivity contribution in [1.82, 2.24) is 19.7 Å². The first-order chi connectivity index (χ1) is 8.16. The number of pyridine rings is 1. The molecule has 0 atom stereocenters. The van der Waals surface area contributed by atoms with Gasteiger partial charge in [-0.15, -0.1) is 0 Å². The summed E-state index contributed by atoms with van der Waals surface area (Å²) in [6, 6.07) is 3.22. The van der Waals surface area contributed by atoms with E-state index in [-0.39, 0.29) is 5.82 Å². The fourth-order valence-corrected chi connectivity index (χ4v) is 1.32. The van der Waals surface area contributed by atoms with Crippen molar-refractivity contribution in [2.24, 2.45) is 7.05 Å². The summed E-state index contributed by atoms with van der Waals surface area (Å²) in [5.41, 5.74) is 0.352. The molecule has 0 fully saturated rings. The van der Waals surface area contributed by atoms with Crippen LogP contribution in [0.25, 0.3) is 0 Å². The number of aromatic nitrogens is 4. The Morgan fingerprint density at radius 2 is 2.35 bits per heavy atom. The van der Waals surface area contributed by atoms with Gasteiger partial charge in [0.1, 0.15) is 18.2 Å². The number of nitrogens with zero attached hydrogens (tertiary/aromatic N) is 5. The van der Waals surface area contributed by atoms with Crippen LogP contribution < -0.4 is 5.32 Å². The Bertz CT molecular complexity index is 538. The molecule has 88 valence electrons. The molecule has 1 N–H and O–H groups in total. The lowest BCUT2D eigenvalue weighted by molar-refractivity contribution is -0.388. The highest BCUT2D eigenvalue weighted by Gasteiger charge is 2.13. The predicted octanol–water partition coefficient (Wildman–Crippen LogP) is 0.730. The number of anilines is 1. The van der Waals surface area contributed by atoms with E-state index in [2.05, 4.69) is 20.4 Å². The van der Waals surface area contributed by atoms with Crippen molar-refractivity contribution in [3.8, 4) is 0 Å². The van der Waals surface area contributed by atoms with Gasteiger partial charge < -0.3 is 15.4 Å². The monoisotopic (exact) mass is 234 g/mol. The molecule has 0 saturated heterocycles. The van der Waals surface area contributed by atoms with E-state index in [1.54, 1.807) is 30.2 Å². The molecule has 0 unspecified atom stereocenters. The molecule has 0 bridgehead atoms. The molecule has 17 heavy (non-hydrogen) atoms. The Balaban J connectivity index is 2.11. The third kappa shape index (κ3) is 2.54. The first-order valence-electron chi connectivity index (χ1n) is 4.84. The van der Waals surface area contributed by atoms with Crippen LogP contribution in [-0.2, 0) is 13.6 Å². The Kier molecular flexibility index (Phi) is 2.95. The van der Waals surface area contributed by atoms with Gasteiger partial charge in [0.25, 0.3) is 0 Å². The van der Waals surface area contributed by atoms with Crippen LogP contribution >= 0.6 is 0 Å². The molecule has 2 aromatic heterocycles. The minimum atomic E-state index is -0.534. The minimum Gasteiger partial charge on any atom is -0.371 e. The summed E-state index contributed by atoms with van der Waals surface area (Å²) in [5, 5.41) is 17.6. The molecule has 8 nitrogen and oxygen atoms in total. The standard InChI is InChI=1S/C9H10N6O2/c1-14-6-12-8(13-14)5-11-7-3-2-4-10-9(7)15(16)17/h2-4,6,11H,5H2,1H3. The van der Waals surface area contributed by atoms with Gasteiger partial charge in [-0.05, 0) is 22.0 Å². The van der Waals surface area contributed by atoms with E-state index in [4.69, 9.17) is 0 Å². The normalized spacial score (nSPS) is 10.2. The van der Waals surface area contributed by atoms with E-state index in [1.807, 2.05) is 0 Å². The summed E-state index contributed by atoms with van der Waals surface area (Å²) in [5.74, 6) is 0.356. The molecule has 0 aliphatic carbocycles. The quantitative estimate of drug-likeness (QED) is 0.618. The first kappa shape index (κ1) is 11.0. The summed E-state index contributed by atoms with van der Waals surface area (Å²) < 4.78 is 1.56.